The van der Waals surface area contributed by atoms with Gasteiger partial charge in [0.15, 0.2) is 5.43 Å². The Hall–Kier alpha value is -3.28. The number of hydrogen-bond acceptors (Lipinski definition) is 5. The second-order valence-corrected chi connectivity index (χ2v) is 5.82. The van der Waals surface area contributed by atoms with Crippen LogP contribution in [0.25, 0.3) is 17.0 Å². The first kappa shape index (κ1) is 16.6. The van der Waals surface area contributed by atoms with Gasteiger partial charge in [-0.3, -0.25) is 14.9 Å². The Morgan fingerprint density at radius 2 is 1.84 bits per heavy atom. The summed E-state index contributed by atoms with van der Waals surface area (Å²) < 4.78 is 5.45. The van der Waals surface area contributed by atoms with E-state index in [0.29, 0.717) is 16.5 Å². The van der Waals surface area contributed by atoms with Crippen LogP contribution in [-0.2, 0) is 4.79 Å². The summed E-state index contributed by atoms with van der Waals surface area (Å²) in [5, 5.41) is 3.07. The average molecular weight is 335 g/mol. The number of fused-ring (bicyclic) bond motifs is 1. The first-order valence-electron chi connectivity index (χ1n) is 7.76. The molecule has 2 heterocycles. The van der Waals surface area contributed by atoms with Crippen LogP contribution in [0.3, 0.4) is 0 Å². The lowest BCUT2D eigenvalue weighted by Gasteiger charge is -2.03. The zero-order valence-corrected chi connectivity index (χ0v) is 14.2. The zero-order chi connectivity index (χ0) is 18.0. The van der Waals surface area contributed by atoms with Crippen LogP contribution in [-0.4, -0.2) is 15.9 Å². The Morgan fingerprint density at radius 1 is 1.12 bits per heavy atom. The molecular formula is C19H17N3O3. The number of nitrogens with one attached hydrogen (secondary N) is 1. The molecule has 0 bridgehead atoms. The third-order valence-corrected chi connectivity index (χ3v) is 3.59. The molecular weight excluding hydrogens is 318 g/mol. The number of aryl methyl sites for hydroxylation is 3. The number of benzene rings is 1. The Labute approximate surface area is 144 Å². The molecule has 0 fully saturated rings. The maximum Gasteiger partial charge on any atom is 0.250 e. The fraction of sp³-hybridized carbons (Fsp3) is 0.158. The van der Waals surface area contributed by atoms with Crippen LogP contribution in [0.4, 0.5) is 5.95 Å². The standard InChI is InChI=1S/C19H17N3O3/c1-11-4-6-16-15(8-11)18(24)14(10-25-16)5-7-17(23)22-19-20-12(2)9-13(3)21-19/h4-10H,1-3H3,(H,20,21,22,23)/b7-5+. The topological polar surface area (TPSA) is 85.1 Å². The number of anilines is 1. The third-order valence-electron chi connectivity index (χ3n) is 3.59. The van der Waals surface area contributed by atoms with Crippen molar-refractivity contribution in [3.05, 3.63) is 69.3 Å². The van der Waals surface area contributed by atoms with Gasteiger partial charge in [0, 0.05) is 17.5 Å². The quantitative estimate of drug-likeness (QED) is 0.743. The highest BCUT2D eigenvalue weighted by atomic mass is 16.3. The zero-order valence-electron chi connectivity index (χ0n) is 14.2. The molecule has 0 aliphatic carbocycles. The fourth-order valence-corrected chi connectivity index (χ4v) is 2.47. The molecule has 126 valence electrons. The molecule has 0 spiro atoms. The van der Waals surface area contributed by atoms with Crippen LogP contribution < -0.4 is 10.7 Å². The van der Waals surface area contributed by atoms with Crippen molar-refractivity contribution >= 4 is 28.9 Å². The Morgan fingerprint density at radius 3 is 2.56 bits per heavy atom. The van der Waals surface area contributed by atoms with Gasteiger partial charge in [0.05, 0.1) is 10.9 Å². The van der Waals surface area contributed by atoms with E-state index in [2.05, 4.69) is 15.3 Å². The Balaban J connectivity index is 1.84. The van der Waals surface area contributed by atoms with Crippen molar-refractivity contribution in [3.8, 4) is 0 Å². The van der Waals surface area contributed by atoms with Gasteiger partial charge in [0.1, 0.15) is 11.8 Å². The minimum absolute atomic E-state index is 0.184. The van der Waals surface area contributed by atoms with Crippen molar-refractivity contribution in [2.75, 3.05) is 5.32 Å². The number of hydrogen-bond donors (Lipinski definition) is 1. The van der Waals surface area contributed by atoms with Crippen molar-refractivity contribution in [2.45, 2.75) is 20.8 Å². The summed E-state index contributed by atoms with van der Waals surface area (Å²) >= 11 is 0. The number of aromatic nitrogens is 2. The van der Waals surface area contributed by atoms with Crippen molar-refractivity contribution in [1.29, 1.82) is 0 Å². The summed E-state index contributed by atoms with van der Waals surface area (Å²) in [7, 11) is 0. The van der Waals surface area contributed by atoms with E-state index in [-0.39, 0.29) is 11.4 Å². The second kappa shape index (κ2) is 6.68. The van der Waals surface area contributed by atoms with Crippen molar-refractivity contribution in [3.63, 3.8) is 0 Å². The number of carbonyl (C=O) groups is 1. The molecule has 0 saturated carbocycles. The van der Waals surface area contributed by atoms with Crippen molar-refractivity contribution < 1.29 is 9.21 Å². The summed E-state index contributed by atoms with van der Waals surface area (Å²) in [6.45, 7) is 5.55. The summed E-state index contributed by atoms with van der Waals surface area (Å²) in [5.41, 5.74) is 3.12. The summed E-state index contributed by atoms with van der Waals surface area (Å²) in [4.78, 5) is 32.8. The van der Waals surface area contributed by atoms with Gasteiger partial charge < -0.3 is 4.42 Å². The minimum Gasteiger partial charge on any atom is -0.463 e. The van der Waals surface area contributed by atoms with E-state index in [0.717, 1.165) is 17.0 Å². The van der Waals surface area contributed by atoms with Crippen LogP contribution in [0.1, 0.15) is 22.5 Å². The van der Waals surface area contributed by atoms with E-state index in [1.54, 1.807) is 12.1 Å². The molecule has 6 heteroatoms. The molecule has 6 nitrogen and oxygen atoms in total. The highest BCUT2D eigenvalue weighted by Gasteiger charge is 2.07. The van der Waals surface area contributed by atoms with Gasteiger partial charge in [-0.15, -0.1) is 0 Å². The maximum atomic E-state index is 12.5. The van der Waals surface area contributed by atoms with E-state index in [9.17, 15) is 9.59 Å². The second-order valence-electron chi connectivity index (χ2n) is 5.82. The van der Waals surface area contributed by atoms with E-state index < -0.39 is 5.91 Å². The van der Waals surface area contributed by atoms with Crippen LogP contribution in [0.15, 0.2) is 45.8 Å². The molecule has 0 aliphatic heterocycles. The Kier molecular flexibility index (Phi) is 4.43. The highest BCUT2D eigenvalue weighted by molar-refractivity contribution is 6.01. The van der Waals surface area contributed by atoms with Crippen LogP contribution in [0.2, 0.25) is 0 Å². The third kappa shape index (κ3) is 3.80. The van der Waals surface area contributed by atoms with Gasteiger partial charge in [-0.1, -0.05) is 11.6 Å². The fourth-order valence-electron chi connectivity index (χ4n) is 2.47. The minimum atomic E-state index is -0.422. The van der Waals surface area contributed by atoms with E-state index in [1.165, 1.54) is 18.4 Å². The molecule has 0 atom stereocenters. The molecule has 0 radical (unpaired) electrons. The molecule has 3 aromatic rings. The maximum absolute atomic E-state index is 12.5. The lowest BCUT2D eigenvalue weighted by atomic mass is 10.1. The molecule has 0 unspecified atom stereocenters. The van der Waals surface area contributed by atoms with E-state index >= 15 is 0 Å². The number of amides is 1. The van der Waals surface area contributed by atoms with Crippen molar-refractivity contribution in [1.82, 2.24) is 9.97 Å². The van der Waals surface area contributed by atoms with Gasteiger partial charge in [-0.05, 0) is 45.0 Å². The lowest BCUT2D eigenvalue weighted by Crippen LogP contribution is -2.12. The number of nitrogens with zero attached hydrogens (tertiary/aromatic N) is 2. The van der Waals surface area contributed by atoms with Gasteiger partial charge in [0.2, 0.25) is 5.95 Å². The molecule has 1 aromatic carbocycles. The van der Waals surface area contributed by atoms with E-state index in [4.69, 9.17) is 4.42 Å². The summed E-state index contributed by atoms with van der Waals surface area (Å²) in [6.07, 6.45) is 4.03. The van der Waals surface area contributed by atoms with Gasteiger partial charge >= 0.3 is 0 Å². The summed E-state index contributed by atoms with van der Waals surface area (Å²) in [6, 6.07) is 7.21. The summed E-state index contributed by atoms with van der Waals surface area (Å²) in [5.74, 6) is -0.193. The molecule has 1 N–H and O–H groups in total. The normalized spacial score (nSPS) is 11.2. The smallest absolute Gasteiger partial charge is 0.250 e. The molecule has 3 rings (SSSR count). The highest BCUT2D eigenvalue weighted by Crippen LogP contribution is 2.14. The van der Waals surface area contributed by atoms with Gasteiger partial charge in [-0.25, -0.2) is 9.97 Å². The predicted molar refractivity (Wildman–Crippen MR) is 96.4 cm³/mol. The molecule has 2 aromatic heterocycles. The van der Waals surface area contributed by atoms with Crippen LogP contribution in [0.5, 0.6) is 0 Å². The Bertz CT molecular complexity index is 1030. The molecule has 0 saturated heterocycles. The van der Waals surface area contributed by atoms with Gasteiger partial charge in [0.25, 0.3) is 5.91 Å². The first-order valence-corrected chi connectivity index (χ1v) is 7.76. The van der Waals surface area contributed by atoms with Crippen LogP contribution >= 0.6 is 0 Å². The van der Waals surface area contributed by atoms with E-state index in [1.807, 2.05) is 32.9 Å². The predicted octanol–water partition coefficient (Wildman–Crippen LogP) is 3.16. The number of carbonyl (C=O) groups excluding carboxylic acids is 1. The molecule has 1 amide bonds. The van der Waals surface area contributed by atoms with Crippen molar-refractivity contribution in [2.24, 2.45) is 0 Å². The monoisotopic (exact) mass is 335 g/mol. The largest absolute Gasteiger partial charge is 0.463 e. The lowest BCUT2D eigenvalue weighted by molar-refractivity contribution is -0.111. The first-order chi connectivity index (χ1) is 11.9. The van der Waals surface area contributed by atoms with Gasteiger partial charge in [-0.2, -0.15) is 0 Å². The average Bonchev–Trinajstić information content (AvgIpc) is 2.54. The SMILES string of the molecule is Cc1ccc2occ(/C=C/C(=O)Nc3nc(C)cc(C)n3)c(=O)c2c1. The molecule has 25 heavy (non-hydrogen) atoms. The number of rotatable bonds is 3. The van der Waals surface area contributed by atoms with Crippen LogP contribution in [0, 0.1) is 20.8 Å². The molecule has 0 aliphatic rings.